The molecule has 1 aromatic carbocycles. The molecule has 0 saturated heterocycles. The molecular formula is C10H12BrClN2O4S. The van der Waals surface area contributed by atoms with Gasteiger partial charge in [-0.25, -0.2) is 0 Å². The van der Waals surface area contributed by atoms with Gasteiger partial charge in [0.05, 0.1) is 21.6 Å². The minimum atomic E-state index is -3.82. The lowest BCUT2D eigenvalue weighted by molar-refractivity contribution is -0.137. The second kappa shape index (κ2) is 6.56. The largest absolute Gasteiger partial charge is 0.481 e. The lowest BCUT2D eigenvalue weighted by Gasteiger charge is -2.18. The maximum Gasteiger partial charge on any atom is 0.304 e. The molecule has 0 fully saturated rings. The van der Waals surface area contributed by atoms with Crippen LogP contribution in [0.25, 0.3) is 0 Å². The van der Waals surface area contributed by atoms with Crippen LogP contribution in [0.1, 0.15) is 6.42 Å². The molecule has 0 bridgehead atoms. The lowest BCUT2D eigenvalue weighted by Crippen LogP contribution is -2.34. The summed E-state index contributed by atoms with van der Waals surface area (Å²) in [6.45, 7) is -0.122. The van der Waals surface area contributed by atoms with Gasteiger partial charge in [-0.15, -0.1) is 0 Å². The number of anilines is 1. The van der Waals surface area contributed by atoms with Crippen LogP contribution in [0.5, 0.6) is 0 Å². The number of hydrogen-bond donors (Lipinski definition) is 2. The monoisotopic (exact) mass is 370 g/mol. The number of halogens is 2. The first-order valence-corrected chi connectivity index (χ1v) is 7.75. The molecule has 0 spiro atoms. The molecule has 0 aromatic heterocycles. The van der Waals surface area contributed by atoms with Gasteiger partial charge in [0.15, 0.2) is 0 Å². The van der Waals surface area contributed by atoms with Crippen LogP contribution >= 0.6 is 27.5 Å². The molecule has 0 atom stereocenters. The van der Waals surface area contributed by atoms with E-state index in [1.807, 2.05) is 0 Å². The highest BCUT2D eigenvalue weighted by Crippen LogP contribution is 2.30. The topological polar surface area (TPSA) is 86.7 Å². The number of rotatable bonds is 6. The summed E-state index contributed by atoms with van der Waals surface area (Å²) in [6.07, 6.45) is -0.270. The maximum absolute atomic E-state index is 11.9. The molecule has 106 valence electrons. The smallest absolute Gasteiger partial charge is 0.304 e. The van der Waals surface area contributed by atoms with Crippen molar-refractivity contribution in [1.82, 2.24) is 4.31 Å². The number of carboxylic acids is 1. The van der Waals surface area contributed by atoms with E-state index in [-0.39, 0.29) is 18.7 Å². The standard InChI is InChI=1S/C10H12BrClN2O4S/c1-14(6-5-9(15)16)19(17,18)13-8-4-2-3-7(12)10(8)11/h2-4,13H,5-6H2,1H3,(H,15,16). The number of benzene rings is 1. The van der Waals surface area contributed by atoms with Gasteiger partial charge in [-0.2, -0.15) is 12.7 Å². The van der Waals surface area contributed by atoms with Crippen molar-refractivity contribution in [2.75, 3.05) is 18.3 Å². The summed E-state index contributed by atoms with van der Waals surface area (Å²) >= 11 is 9.02. The van der Waals surface area contributed by atoms with Crippen LogP contribution < -0.4 is 4.72 Å². The highest BCUT2D eigenvalue weighted by molar-refractivity contribution is 9.10. The summed E-state index contributed by atoms with van der Waals surface area (Å²) in [4.78, 5) is 10.4. The normalized spacial score (nSPS) is 11.6. The molecule has 0 radical (unpaired) electrons. The Labute approximate surface area is 124 Å². The molecule has 2 N–H and O–H groups in total. The average Bonchev–Trinajstić information content (AvgIpc) is 2.31. The van der Waals surface area contributed by atoms with Gasteiger partial charge in [0, 0.05) is 13.6 Å². The van der Waals surface area contributed by atoms with Crippen LogP contribution in [0.4, 0.5) is 5.69 Å². The Morgan fingerprint density at radius 1 is 1.53 bits per heavy atom. The number of nitrogens with zero attached hydrogens (tertiary/aromatic N) is 1. The summed E-state index contributed by atoms with van der Waals surface area (Å²) < 4.78 is 27.5. The summed E-state index contributed by atoms with van der Waals surface area (Å²) in [6, 6.07) is 4.75. The molecule has 6 nitrogen and oxygen atoms in total. The molecule has 19 heavy (non-hydrogen) atoms. The number of aliphatic carboxylic acids is 1. The minimum absolute atomic E-state index is 0.122. The van der Waals surface area contributed by atoms with Crippen molar-refractivity contribution in [2.24, 2.45) is 0 Å². The van der Waals surface area contributed by atoms with Crippen LogP contribution in [0.15, 0.2) is 22.7 Å². The van der Waals surface area contributed by atoms with E-state index >= 15 is 0 Å². The van der Waals surface area contributed by atoms with Gasteiger partial charge < -0.3 is 5.11 Å². The minimum Gasteiger partial charge on any atom is -0.481 e. The third-order valence-corrected chi connectivity index (χ3v) is 5.12. The fourth-order valence-corrected chi connectivity index (χ4v) is 2.78. The predicted octanol–water partition coefficient (Wildman–Crippen LogP) is 2.17. The van der Waals surface area contributed by atoms with Gasteiger partial charge >= 0.3 is 16.2 Å². The molecule has 0 amide bonds. The lowest BCUT2D eigenvalue weighted by atomic mass is 10.3. The van der Waals surface area contributed by atoms with Crippen molar-refractivity contribution in [2.45, 2.75) is 6.42 Å². The average molecular weight is 372 g/mol. The summed E-state index contributed by atoms with van der Waals surface area (Å²) in [5.74, 6) is -1.06. The summed E-state index contributed by atoms with van der Waals surface area (Å²) in [5.41, 5.74) is 0.287. The maximum atomic E-state index is 11.9. The Morgan fingerprint density at radius 2 is 2.16 bits per heavy atom. The third kappa shape index (κ3) is 4.64. The molecule has 9 heteroatoms. The van der Waals surface area contributed by atoms with Crippen molar-refractivity contribution in [1.29, 1.82) is 0 Å². The number of carbonyl (C=O) groups is 1. The zero-order valence-electron chi connectivity index (χ0n) is 9.93. The van der Waals surface area contributed by atoms with Crippen LogP contribution in [-0.4, -0.2) is 37.4 Å². The molecule has 0 aliphatic rings. The number of carboxylic acid groups (broad SMARTS) is 1. The van der Waals surface area contributed by atoms with Crippen molar-refractivity contribution in [3.63, 3.8) is 0 Å². The highest BCUT2D eigenvalue weighted by Gasteiger charge is 2.19. The molecule has 0 aliphatic heterocycles. The zero-order chi connectivity index (χ0) is 14.6. The van der Waals surface area contributed by atoms with Gasteiger partial charge in [-0.3, -0.25) is 9.52 Å². The van der Waals surface area contributed by atoms with Crippen molar-refractivity contribution < 1.29 is 18.3 Å². The third-order valence-electron chi connectivity index (χ3n) is 2.24. The zero-order valence-corrected chi connectivity index (χ0v) is 13.1. The highest BCUT2D eigenvalue weighted by atomic mass is 79.9. The Kier molecular flexibility index (Phi) is 5.60. The van der Waals surface area contributed by atoms with Gasteiger partial charge in [0.1, 0.15) is 0 Å². The second-order valence-corrected chi connectivity index (χ2v) is 6.65. The first-order valence-electron chi connectivity index (χ1n) is 5.14. The van der Waals surface area contributed by atoms with E-state index in [0.717, 1.165) is 4.31 Å². The molecule has 0 heterocycles. The Balaban J connectivity index is 2.84. The predicted molar refractivity (Wildman–Crippen MR) is 76.6 cm³/mol. The molecule has 0 aliphatic carbocycles. The van der Waals surface area contributed by atoms with E-state index < -0.39 is 16.2 Å². The fraction of sp³-hybridized carbons (Fsp3) is 0.300. The van der Waals surface area contributed by atoms with Gasteiger partial charge in [0.2, 0.25) is 0 Å². The Bertz CT molecular complexity index is 579. The Morgan fingerprint density at radius 3 is 2.74 bits per heavy atom. The van der Waals surface area contributed by atoms with Gasteiger partial charge in [-0.05, 0) is 28.1 Å². The van der Waals surface area contributed by atoms with E-state index in [4.69, 9.17) is 16.7 Å². The Hall–Kier alpha value is -0.830. The van der Waals surface area contributed by atoms with E-state index in [9.17, 15) is 13.2 Å². The van der Waals surface area contributed by atoms with E-state index in [1.165, 1.54) is 7.05 Å². The van der Waals surface area contributed by atoms with Crippen LogP contribution in [0.2, 0.25) is 5.02 Å². The number of hydrogen-bond acceptors (Lipinski definition) is 3. The van der Waals surface area contributed by atoms with Crippen molar-refractivity contribution in [3.8, 4) is 0 Å². The molecule has 0 saturated carbocycles. The molecule has 1 rings (SSSR count). The van der Waals surface area contributed by atoms with Gasteiger partial charge in [-0.1, -0.05) is 17.7 Å². The van der Waals surface area contributed by atoms with Crippen LogP contribution in [0, 0.1) is 0 Å². The second-order valence-electron chi connectivity index (χ2n) is 3.67. The van der Waals surface area contributed by atoms with Crippen molar-refractivity contribution in [3.05, 3.63) is 27.7 Å². The van der Waals surface area contributed by atoms with E-state index in [0.29, 0.717) is 9.50 Å². The van der Waals surface area contributed by atoms with Crippen LogP contribution in [-0.2, 0) is 15.0 Å². The first-order chi connectivity index (χ1) is 8.74. The first kappa shape index (κ1) is 16.2. The van der Waals surface area contributed by atoms with Gasteiger partial charge in [0.25, 0.3) is 0 Å². The van der Waals surface area contributed by atoms with Crippen molar-refractivity contribution >= 4 is 49.4 Å². The molecule has 0 unspecified atom stereocenters. The SMILES string of the molecule is CN(CCC(=O)O)S(=O)(=O)Nc1cccc(Cl)c1Br. The quantitative estimate of drug-likeness (QED) is 0.802. The fourth-order valence-electron chi connectivity index (χ4n) is 1.17. The van der Waals surface area contributed by atoms with E-state index in [2.05, 4.69) is 20.7 Å². The molecular weight excluding hydrogens is 360 g/mol. The van der Waals surface area contributed by atoms with E-state index in [1.54, 1.807) is 18.2 Å². The summed E-state index contributed by atoms with van der Waals surface area (Å²) in [5, 5.41) is 8.90. The number of nitrogens with one attached hydrogen (secondary N) is 1. The summed E-state index contributed by atoms with van der Waals surface area (Å²) in [7, 11) is -2.52. The molecule has 1 aromatic rings. The van der Waals surface area contributed by atoms with Crippen LogP contribution in [0.3, 0.4) is 0 Å².